The predicted octanol–water partition coefficient (Wildman–Crippen LogP) is 4.44. The van der Waals surface area contributed by atoms with Crippen LogP contribution in [0.25, 0.3) is 0 Å². The van der Waals surface area contributed by atoms with Crippen LogP contribution in [0.5, 0.6) is 0 Å². The molecule has 1 aromatic rings. The summed E-state index contributed by atoms with van der Waals surface area (Å²) >= 11 is 8.83. The number of pyridine rings is 1. The minimum Gasteiger partial charge on any atom is -0.363 e. The average Bonchev–Trinajstić information content (AvgIpc) is 2.24. The fourth-order valence-corrected chi connectivity index (χ4v) is 2.57. The number of hydrogen-bond acceptors (Lipinski definition) is 2. The fourth-order valence-electron chi connectivity index (χ4n) is 1.90. The third kappa shape index (κ3) is 2.74. The first-order valence-corrected chi connectivity index (χ1v) is 6.76. The van der Waals surface area contributed by atoms with Crippen molar-refractivity contribution in [1.82, 2.24) is 4.98 Å². The predicted molar refractivity (Wildman–Crippen MR) is 67.9 cm³/mol. The summed E-state index contributed by atoms with van der Waals surface area (Å²) in [6.07, 6.45) is -0.580. The fraction of sp³-hybridized carbons (Fsp3) is 0.545. The zero-order chi connectivity index (χ0) is 13.4. The molecule has 1 N–H and O–H groups in total. The largest absolute Gasteiger partial charge is 0.419 e. The zero-order valence-electron chi connectivity index (χ0n) is 9.32. The van der Waals surface area contributed by atoms with Crippen LogP contribution in [0.4, 0.5) is 19.0 Å². The number of alkyl halides is 4. The molecule has 0 aromatic carbocycles. The molecule has 1 aliphatic rings. The molecule has 0 radical (unpaired) electrons. The van der Waals surface area contributed by atoms with Gasteiger partial charge in [0.1, 0.15) is 5.82 Å². The molecule has 7 heteroatoms. The molecule has 1 aromatic heterocycles. The molecule has 100 valence electrons. The third-order valence-corrected chi connectivity index (χ3v) is 4.06. The molecule has 1 aliphatic carbocycles. The summed E-state index contributed by atoms with van der Waals surface area (Å²) in [5, 5.41) is 2.86. The monoisotopic (exact) mass is 342 g/mol. The Morgan fingerprint density at radius 1 is 1.44 bits per heavy atom. The van der Waals surface area contributed by atoms with Gasteiger partial charge in [-0.2, -0.15) is 13.2 Å². The third-order valence-electron chi connectivity index (χ3n) is 3.11. The molecule has 0 saturated heterocycles. The summed E-state index contributed by atoms with van der Waals surface area (Å²) in [5.41, 5.74) is -1.21. The van der Waals surface area contributed by atoms with E-state index < -0.39 is 17.3 Å². The van der Waals surface area contributed by atoms with Gasteiger partial charge in [0.05, 0.1) is 11.1 Å². The lowest BCUT2D eigenvalue weighted by molar-refractivity contribution is -0.137. The van der Waals surface area contributed by atoms with E-state index >= 15 is 0 Å². The van der Waals surface area contributed by atoms with Gasteiger partial charge in [0, 0.05) is 16.5 Å². The molecule has 0 bridgehead atoms. The number of hydrogen-bond donors (Lipinski definition) is 1. The number of halogens is 5. The number of aromatic nitrogens is 1. The minimum absolute atomic E-state index is 0.147. The van der Waals surface area contributed by atoms with Crippen LogP contribution in [0.1, 0.15) is 24.8 Å². The molecule has 1 heterocycles. The SMILES string of the molecule is FC(F)(F)c1cc(Br)cnc1NC1(CCl)CCC1. The van der Waals surface area contributed by atoms with Crippen LogP contribution in [0.2, 0.25) is 0 Å². The van der Waals surface area contributed by atoms with E-state index in [0.717, 1.165) is 25.3 Å². The average molecular weight is 344 g/mol. The van der Waals surface area contributed by atoms with E-state index in [1.807, 2.05) is 0 Å². The summed E-state index contributed by atoms with van der Waals surface area (Å²) < 4.78 is 39.0. The Morgan fingerprint density at radius 3 is 2.56 bits per heavy atom. The highest BCUT2D eigenvalue weighted by atomic mass is 79.9. The molecule has 2 rings (SSSR count). The number of nitrogens with zero attached hydrogens (tertiary/aromatic N) is 1. The molecule has 0 amide bonds. The van der Waals surface area contributed by atoms with Crippen LogP contribution in [-0.4, -0.2) is 16.4 Å². The van der Waals surface area contributed by atoms with Gasteiger partial charge in [0.2, 0.25) is 0 Å². The zero-order valence-corrected chi connectivity index (χ0v) is 11.7. The van der Waals surface area contributed by atoms with Gasteiger partial charge in [-0.25, -0.2) is 4.98 Å². The second-order valence-corrected chi connectivity index (χ2v) is 5.62. The Balaban J connectivity index is 2.32. The molecule has 1 fully saturated rings. The quantitative estimate of drug-likeness (QED) is 0.821. The van der Waals surface area contributed by atoms with Crippen molar-refractivity contribution in [2.45, 2.75) is 31.0 Å². The maximum atomic E-state index is 12.9. The smallest absolute Gasteiger partial charge is 0.363 e. The molecule has 0 spiro atoms. The second-order valence-electron chi connectivity index (χ2n) is 4.44. The van der Waals surface area contributed by atoms with Gasteiger partial charge >= 0.3 is 6.18 Å². The number of nitrogens with one attached hydrogen (secondary N) is 1. The maximum Gasteiger partial charge on any atom is 0.419 e. The van der Waals surface area contributed by atoms with Gasteiger partial charge in [-0.05, 0) is 41.3 Å². The Bertz CT molecular complexity index is 441. The van der Waals surface area contributed by atoms with Gasteiger partial charge in [-0.3, -0.25) is 0 Å². The van der Waals surface area contributed by atoms with E-state index in [1.165, 1.54) is 6.20 Å². The van der Waals surface area contributed by atoms with Crippen LogP contribution in [-0.2, 0) is 6.18 Å². The van der Waals surface area contributed by atoms with Crippen molar-refractivity contribution in [2.24, 2.45) is 0 Å². The van der Waals surface area contributed by atoms with Crippen molar-refractivity contribution in [3.8, 4) is 0 Å². The van der Waals surface area contributed by atoms with Crippen molar-refractivity contribution in [2.75, 3.05) is 11.2 Å². The topological polar surface area (TPSA) is 24.9 Å². The molecule has 18 heavy (non-hydrogen) atoms. The summed E-state index contributed by atoms with van der Waals surface area (Å²) in [6.45, 7) is 0. The van der Waals surface area contributed by atoms with Crippen molar-refractivity contribution < 1.29 is 13.2 Å². The van der Waals surface area contributed by atoms with Gasteiger partial charge in [-0.1, -0.05) is 0 Å². The molecule has 1 saturated carbocycles. The molecule has 0 atom stereocenters. The summed E-state index contributed by atoms with van der Waals surface area (Å²) in [6, 6.07) is 1.02. The van der Waals surface area contributed by atoms with E-state index in [4.69, 9.17) is 11.6 Å². The number of anilines is 1. The first kappa shape index (κ1) is 13.9. The summed E-state index contributed by atoms with van der Waals surface area (Å²) in [4.78, 5) is 3.82. The second kappa shape index (κ2) is 4.89. The molecule has 2 nitrogen and oxygen atoms in total. The minimum atomic E-state index is -4.43. The standard InChI is InChI=1S/C11H11BrClF3N2/c12-7-4-8(11(14,15)16)9(17-5-7)18-10(6-13)2-1-3-10/h4-5H,1-3,6H2,(H,17,18). The lowest BCUT2D eigenvalue weighted by atomic mass is 9.78. The first-order valence-electron chi connectivity index (χ1n) is 5.43. The van der Waals surface area contributed by atoms with Gasteiger partial charge < -0.3 is 5.32 Å². The highest BCUT2D eigenvalue weighted by Gasteiger charge is 2.40. The van der Waals surface area contributed by atoms with E-state index in [2.05, 4.69) is 26.2 Å². The van der Waals surface area contributed by atoms with Crippen molar-refractivity contribution in [3.05, 3.63) is 22.3 Å². The Labute approximate surface area is 116 Å². The first-order chi connectivity index (χ1) is 8.36. The highest BCUT2D eigenvalue weighted by Crippen LogP contribution is 2.40. The normalized spacial score (nSPS) is 18.3. The Kier molecular flexibility index (Phi) is 3.78. The van der Waals surface area contributed by atoms with Crippen molar-refractivity contribution >= 4 is 33.3 Å². The van der Waals surface area contributed by atoms with Gasteiger partial charge in [0.15, 0.2) is 0 Å². The highest BCUT2D eigenvalue weighted by molar-refractivity contribution is 9.10. The number of rotatable bonds is 3. The summed E-state index contributed by atoms with van der Waals surface area (Å²) in [7, 11) is 0. The molecule has 0 unspecified atom stereocenters. The lowest BCUT2D eigenvalue weighted by Crippen LogP contribution is -2.47. The Morgan fingerprint density at radius 2 is 2.11 bits per heavy atom. The van der Waals surface area contributed by atoms with Crippen LogP contribution in [0.3, 0.4) is 0 Å². The van der Waals surface area contributed by atoms with Crippen LogP contribution in [0.15, 0.2) is 16.7 Å². The van der Waals surface area contributed by atoms with Crippen molar-refractivity contribution in [3.63, 3.8) is 0 Å². The summed E-state index contributed by atoms with van der Waals surface area (Å²) in [5.74, 6) is 0.133. The van der Waals surface area contributed by atoms with E-state index in [-0.39, 0.29) is 11.7 Å². The van der Waals surface area contributed by atoms with Crippen LogP contribution < -0.4 is 5.32 Å². The lowest BCUT2D eigenvalue weighted by Gasteiger charge is -2.41. The Hall–Kier alpha value is -0.490. The van der Waals surface area contributed by atoms with Crippen LogP contribution in [0, 0.1) is 0 Å². The maximum absolute atomic E-state index is 12.9. The molecular formula is C11H11BrClF3N2. The molecule has 0 aliphatic heterocycles. The van der Waals surface area contributed by atoms with Gasteiger partial charge in [-0.15, -0.1) is 11.6 Å². The van der Waals surface area contributed by atoms with E-state index in [9.17, 15) is 13.2 Å². The van der Waals surface area contributed by atoms with E-state index in [1.54, 1.807) is 0 Å². The van der Waals surface area contributed by atoms with Gasteiger partial charge in [0.25, 0.3) is 0 Å². The molecular weight excluding hydrogens is 332 g/mol. The van der Waals surface area contributed by atoms with Crippen molar-refractivity contribution in [1.29, 1.82) is 0 Å². The van der Waals surface area contributed by atoms with E-state index in [0.29, 0.717) is 4.47 Å². The van der Waals surface area contributed by atoms with Crippen LogP contribution >= 0.6 is 27.5 Å².